The van der Waals surface area contributed by atoms with Gasteiger partial charge in [0.05, 0.1) is 20.8 Å². The third-order valence-electron chi connectivity index (χ3n) is 3.84. The number of methoxy groups -OCH3 is 2. The molecule has 28 heavy (non-hydrogen) atoms. The molecule has 2 aromatic carbocycles. The van der Waals surface area contributed by atoms with Crippen molar-refractivity contribution >= 4 is 29.9 Å². The van der Waals surface area contributed by atoms with E-state index in [9.17, 15) is 4.39 Å². The maximum atomic E-state index is 13.1. The number of halogens is 2. The summed E-state index contributed by atoms with van der Waals surface area (Å²) in [7, 11) is 4.95. The van der Waals surface area contributed by atoms with Crippen molar-refractivity contribution in [2.75, 3.05) is 41.0 Å². The third-order valence-corrected chi connectivity index (χ3v) is 3.84. The topological polar surface area (TPSA) is 64.1 Å². The maximum absolute atomic E-state index is 13.1. The first-order chi connectivity index (χ1) is 13.2. The lowest BCUT2D eigenvalue weighted by molar-refractivity contribution is 0.320. The molecule has 2 N–H and O–H groups in total. The van der Waals surface area contributed by atoms with E-state index in [0.29, 0.717) is 42.9 Å². The molecule has 2 aromatic rings. The van der Waals surface area contributed by atoms with Crippen LogP contribution < -0.4 is 24.8 Å². The second-order valence-electron chi connectivity index (χ2n) is 5.67. The van der Waals surface area contributed by atoms with E-state index in [-0.39, 0.29) is 29.8 Å². The first kappa shape index (κ1) is 23.8. The minimum absolute atomic E-state index is 0. The van der Waals surface area contributed by atoms with E-state index in [4.69, 9.17) is 14.2 Å². The molecular formula is C20H27FIN3O3. The fraction of sp³-hybridized carbons (Fsp3) is 0.350. The Morgan fingerprint density at radius 3 is 2.43 bits per heavy atom. The molecule has 0 amide bonds. The zero-order chi connectivity index (χ0) is 19.5. The summed E-state index contributed by atoms with van der Waals surface area (Å²) in [5.74, 6) is 2.30. The standard InChI is InChI=1S/C20H26FN3O3.HI/c1-22-20(24-11-12-27-17-6-4-5-16(21)14-17)23-10-9-15-7-8-18(25-2)19(13-15)26-3;/h4-8,13-14H,9-12H2,1-3H3,(H2,22,23,24);1H. The Morgan fingerprint density at radius 2 is 1.75 bits per heavy atom. The van der Waals surface area contributed by atoms with E-state index in [1.165, 1.54) is 12.1 Å². The minimum atomic E-state index is -0.312. The highest BCUT2D eigenvalue weighted by atomic mass is 127. The highest BCUT2D eigenvalue weighted by molar-refractivity contribution is 14.0. The normalized spacial score (nSPS) is 10.6. The number of guanidine groups is 1. The van der Waals surface area contributed by atoms with Gasteiger partial charge in [0.15, 0.2) is 17.5 Å². The summed E-state index contributed by atoms with van der Waals surface area (Å²) in [5.41, 5.74) is 1.13. The molecule has 0 aliphatic heterocycles. The highest BCUT2D eigenvalue weighted by Crippen LogP contribution is 2.27. The summed E-state index contributed by atoms with van der Waals surface area (Å²) in [6, 6.07) is 11.9. The number of nitrogens with zero attached hydrogens (tertiary/aromatic N) is 1. The van der Waals surface area contributed by atoms with Crippen LogP contribution in [0.15, 0.2) is 47.5 Å². The summed E-state index contributed by atoms with van der Waals surface area (Å²) in [5, 5.41) is 6.40. The maximum Gasteiger partial charge on any atom is 0.191 e. The van der Waals surface area contributed by atoms with Gasteiger partial charge in [-0.15, -0.1) is 24.0 Å². The molecule has 154 valence electrons. The van der Waals surface area contributed by atoms with Crippen LogP contribution in [0.4, 0.5) is 4.39 Å². The van der Waals surface area contributed by atoms with Crippen LogP contribution in [0.3, 0.4) is 0 Å². The van der Waals surface area contributed by atoms with E-state index in [1.807, 2.05) is 18.2 Å². The predicted octanol–water partition coefficient (Wildman–Crippen LogP) is 3.25. The first-order valence-electron chi connectivity index (χ1n) is 8.70. The van der Waals surface area contributed by atoms with Crippen LogP contribution in [0.1, 0.15) is 5.56 Å². The minimum Gasteiger partial charge on any atom is -0.493 e. The van der Waals surface area contributed by atoms with Gasteiger partial charge < -0.3 is 24.8 Å². The number of ether oxygens (including phenoxy) is 3. The summed E-state index contributed by atoms with van der Waals surface area (Å²) >= 11 is 0. The lowest BCUT2D eigenvalue weighted by Crippen LogP contribution is -2.40. The molecule has 0 atom stereocenters. The van der Waals surface area contributed by atoms with E-state index < -0.39 is 0 Å². The molecule has 0 aliphatic rings. The zero-order valence-corrected chi connectivity index (χ0v) is 18.7. The van der Waals surface area contributed by atoms with Crippen LogP contribution in [0.25, 0.3) is 0 Å². The van der Waals surface area contributed by atoms with Crippen molar-refractivity contribution in [3.05, 3.63) is 53.8 Å². The van der Waals surface area contributed by atoms with E-state index >= 15 is 0 Å². The first-order valence-corrected chi connectivity index (χ1v) is 8.70. The van der Waals surface area contributed by atoms with Crippen molar-refractivity contribution < 1.29 is 18.6 Å². The predicted molar refractivity (Wildman–Crippen MR) is 120 cm³/mol. The SMILES string of the molecule is CN=C(NCCOc1cccc(F)c1)NCCc1ccc(OC)c(OC)c1.I. The fourth-order valence-corrected chi connectivity index (χ4v) is 2.48. The van der Waals surface area contributed by atoms with Crippen LogP contribution >= 0.6 is 24.0 Å². The quantitative estimate of drug-likeness (QED) is 0.238. The zero-order valence-electron chi connectivity index (χ0n) is 16.3. The van der Waals surface area contributed by atoms with Gasteiger partial charge in [-0.05, 0) is 36.2 Å². The lowest BCUT2D eigenvalue weighted by Gasteiger charge is -2.13. The van der Waals surface area contributed by atoms with Gasteiger partial charge in [0, 0.05) is 19.7 Å². The highest BCUT2D eigenvalue weighted by Gasteiger charge is 2.05. The Labute approximate surface area is 182 Å². The largest absolute Gasteiger partial charge is 0.493 e. The molecule has 8 heteroatoms. The number of rotatable bonds is 9. The molecule has 6 nitrogen and oxygen atoms in total. The summed E-state index contributed by atoms with van der Waals surface area (Å²) in [6.45, 7) is 1.66. The smallest absolute Gasteiger partial charge is 0.191 e. The Bertz CT molecular complexity index is 759. The molecule has 0 heterocycles. The third kappa shape index (κ3) is 7.79. The molecule has 0 aliphatic carbocycles. The molecule has 2 rings (SSSR count). The average molecular weight is 503 g/mol. The number of hydrogen-bond acceptors (Lipinski definition) is 4. The molecule has 0 spiro atoms. The van der Waals surface area contributed by atoms with E-state index in [0.717, 1.165) is 12.0 Å². The van der Waals surface area contributed by atoms with Crippen molar-refractivity contribution in [2.24, 2.45) is 4.99 Å². The van der Waals surface area contributed by atoms with Crippen LogP contribution in [0.2, 0.25) is 0 Å². The Morgan fingerprint density at radius 1 is 1.00 bits per heavy atom. The molecular weight excluding hydrogens is 476 g/mol. The van der Waals surface area contributed by atoms with Crippen molar-refractivity contribution in [3.63, 3.8) is 0 Å². The second kappa shape index (κ2) is 13.0. The molecule has 0 saturated heterocycles. The van der Waals surface area contributed by atoms with Crippen LogP contribution in [-0.2, 0) is 6.42 Å². The molecule has 0 aromatic heterocycles. The van der Waals surface area contributed by atoms with E-state index in [2.05, 4.69) is 15.6 Å². The Balaban J connectivity index is 0.00000392. The van der Waals surface area contributed by atoms with Gasteiger partial charge in [-0.1, -0.05) is 12.1 Å². The van der Waals surface area contributed by atoms with Gasteiger partial charge in [-0.2, -0.15) is 0 Å². The lowest BCUT2D eigenvalue weighted by atomic mass is 10.1. The fourth-order valence-electron chi connectivity index (χ4n) is 2.48. The second-order valence-corrected chi connectivity index (χ2v) is 5.67. The van der Waals surface area contributed by atoms with Gasteiger partial charge in [0.25, 0.3) is 0 Å². The van der Waals surface area contributed by atoms with Crippen LogP contribution in [-0.4, -0.2) is 46.9 Å². The van der Waals surface area contributed by atoms with Crippen LogP contribution in [0, 0.1) is 5.82 Å². The van der Waals surface area contributed by atoms with Gasteiger partial charge >= 0.3 is 0 Å². The van der Waals surface area contributed by atoms with Gasteiger partial charge in [-0.3, -0.25) is 4.99 Å². The molecule has 0 bridgehead atoms. The number of hydrogen-bond donors (Lipinski definition) is 2. The van der Waals surface area contributed by atoms with E-state index in [1.54, 1.807) is 33.4 Å². The summed E-state index contributed by atoms with van der Waals surface area (Å²) < 4.78 is 29.1. The molecule has 0 unspecified atom stereocenters. The van der Waals surface area contributed by atoms with Crippen LogP contribution in [0.5, 0.6) is 17.2 Å². The Hall–Kier alpha value is -2.23. The molecule has 0 saturated carbocycles. The average Bonchev–Trinajstić information content (AvgIpc) is 2.69. The van der Waals surface area contributed by atoms with Gasteiger partial charge in [0.1, 0.15) is 18.2 Å². The van der Waals surface area contributed by atoms with Crippen molar-refractivity contribution in [1.82, 2.24) is 10.6 Å². The number of benzene rings is 2. The van der Waals surface area contributed by atoms with Crippen molar-refractivity contribution in [3.8, 4) is 17.2 Å². The Kier molecular flexibility index (Phi) is 11.1. The molecule has 0 fully saturated rings. The number of aliphatic imine (C=N–C) groups is 1. The number of nitrogens with one attached hydrogen (secondary N) is 2. The van der Waals surface area contributed by atoms with Gasteiger partial charge in [-0.25, -0.2) is 4.39 Å². The van der Waals surface area contributed by atoms with Crippen molar-refractivity contribution in [2.45, 2.75) is 6.42 Å². The van der Waals surface area contributed by atoms with Gasteiger partial charge in [0.2, 0.25) is 0 Å². The molecule has 0 radical (unpaired) electrons. The summed E-state index contributed by atoms with van der Waals surface area (Å²) in [4.78, 5) is 4.17. The van der Waals surface area contributed by atoms with Crippen molar-refractivity contribution in [1.29, 1.82) is 0 Å². The monoisotopic (exact) mass is 503 g/mol. The summed E-state index contributed by atoms with van der Waals surface area (Å²) in [6.07, 6.45) is 0.806.